The van der Waals surface area contributed by atoms with Crippen LogP contribution in [0.4, 0.5) is 0 Å². The van der Waals surface area contributed by atoms with Crippen LogP contribution >= 0.6 is 0 Å². The molecule has 3 rings (SSSR count). The van der Waals surface area contributed by atoms with Crippen LogP contribution in [0.25, 0.3) is 5.57 Å². The van der Waals surface area contributed by atoms with Crippen LogP contribution in [0.3, 0.4) is 0 Å². The third kappa shape index (κ3) is 4.84. The van der Waals surface area contributed by atoms with Gasteiger partial charge in [-0.3, -0.25) is 4.79 Å². The predicted octanol–water partition coefficient (Wildman–Crippen LogP) is 4.00. The van der Waals surface area contributed by atoms with Gasteiger partial charge in [0.2, 0.25) is 0 Å². The number of benzene rings is 1. The normalized spacial score (nSPS) is 27.7. The number of nitrogens with zero attached hydrogens (tertiary/aromatic N) is 1. The van der Waals surface area contributed by atoms with Gasteiger partial charge in [-0.1, -0.05) is 58.0 Å². The molecule has 154 valence electrons. The third-order valence-electron chi connectivity index (χ3n) is 5.83. The first kappa shape index (κ1) is 21.1. The summed E-state index contributed by atoms with van der Waals surface area (Å²) in [4.78, 5) is 15.7. The average molecular weight is 386 g/mol. The van der Waals surface area contributed by atoms with E-state index in [1.54, 1.807) is 6.26 Å². The summed E-state index contributed by atoms with van der Waals surface area (Å²) in [6.45, 7) is 11.7. The minimum Gasteiger partial charge on any atom is -0.496 e. The molecule has 0 aromatic heterocycles. The van der Waals surface area contributed by atoms with E-state index in [9.17, 15) is 9.90 Å². The summed E-state index contributed by atoms with van der Waals surface area (Å²) >= 11 is 0. The minimum absolute atomic E-state index is 0.0335. The summed E-state index contributed by atoms with van der Waals surface area (Å²) in [5.74, 6) is 1.10. The fourth-order valence-electron chi connectivity index (χ4n) is 4.73. The van der Waals surface area contributed by atoms with Gasteiger partial charge in [-0.05, 0) is 30.2 Å². The Morgan fingerprint density at radius 3 is 2.32 bits per heavy atom. The Hall–Kier alpha value is -1.65. The smallest absolute Gasteiger partial charge is 0.173 e. The van der Waals surface area contributed by atoms with E-state index in [1.165, 1.54) is 0 Å². The van der Waals surface area contributed by atoms with Crippen molar-refractivity contribution in [2.24, 2.45) is 23.7 Å². The third-order valence-corrected chi connectivity index (χ3v) is 5.83. The van der Waals surface area contributed by atoms with E-state index in [0.29, 0.717) is 30.3 Å². The molecule has 0 radical (unpaired) electrons. The molecule has 0 amide bonds. The lowest BCUT2D eigenvalue weighted by molar-refractivity contribution is -0.133. The van der Waals surface area contributed by atoms with Crippen LogP contribution in [-0.4, -0.2) is 47.6 Å². The van der Waals surface area contributed by atoms with Gasteiger partial charge in [-0.25, -0.2) is 0 Å². The van der Waals surface area contributed by atoms with Crippen molar-refractivity contribution in [3.05, 3.63) is 42.2 Å². The lowest BCUT2D eigenvalue weighted by Crippen LogP contribution is -2.52. The van der Waals surface area contributed by atoms with Gasteiger partial charge in [-0.15, -0.1) is 0 Å². The Morgan fingerprint density at radius 1 is 1.07 bits per heavy atom. The van der Waals surface area contributed by atoms with Gasteiger partial charge in [0, 0.05) is 25.6 Å². The van der Waals surface area contributed by atoms with Crippen molar-refractivity contribution in [1.82, 2.24) is 4.90 Å². The molecule has 1 aromatic carbocycles. The first-order valence-electron chi connectivity index (χ1n) is 10.7. The van der Waals surface area contributed by atoms with E-state index < -0.39 is 6.10 Å². The maximum Gasteiger partial charge on any atom is 0.173 e. The van der Waals surface area contributed by atoms with E-state index in [-0.39, 0.29) is 23.7 Å². The molecule has 4 heteroatoms. The van der Waals surface area contributed by atoms with Gasteiger partial charge in [0.15, 0.2) is 5.78 Å². The highest BCUT2D eigenvalue weighted by atomic mass is 16.5. The van der Waals surface area contributed by atoms with Gasteiger partial charge in [0.05, 0.1) is 23.9 Å². The van der Waals surface area contributed by atoms with Gasteiger partial charge in [-0.2, -0.15) is 0 Å². The van der Waals surface area contributed by atoms with Crippen molar-refractivity contribution in [2.75, 3.05) is 19.6 Å². The molecule has 1 fully saturated rings. The zero-order valence-corrected chi connectivity index (χ0v) is 17.7. The van der Waals surface area contributed by atoms with E-state index in [4.69, 9.17) is 4.74 Å². The molecule has 1 heterocycles. The summed E-state index contributed by atoms with van der Waals surface area (Å²) < 4.78 is 6.14. The number of ether oxygens (including phenoxy) is 1. The molecule has 1 aliphatic heterocycles. The highest BCUT2D eigenvalue weighted by Gasteiger charge is 2.46. The number of hydrogen-bond acceptors (Lipinski definition) is 4. The number of hydrogen-bond donors (Lipinski definition) is 1. The Balaban J connectivity index is 1.79. The van der Waals surface area contributed by atoms with Crippen molar-refractivity contribution in [2.45, 2.75) is 52.7 Å². The Kier molecular flexibility index (Phi) is 6.95. The lowest BCUT2D eigenvalue weighted by atomic mass is 9.72. The number of aliphatic hydroxyl groups is 1. The number of fused-ring (bicyclic) bond motifs is 1. The monoisotopic (exact) mass is 385 g/mol. The molecule has 1 aromatic rings. The molecule has 28 heavy (non-hydrogen) atoms. The first-order chi connectivity index (χ1) is 13.4. The molecule has 1 saturated carbocycles. The summed E-state index contributed by atoms with van der Waals surface area (Å²) in [7, 11) is 0. The zero-order chi connectivity index (χ0) is 20.3. The number of rotatable bonds is 7. The number of aliphatic hydroxyl groups excluding tert-OH is 1. The minimum atomic E-state index is -0.414. The number of allylic oxidation sites excluding steroid dienone is 1. The number of carbonyl (C=O) groups is 1. The van der Waals surface area contributed by atoms with Crippen molar-refractivity contribution in [1.29, 1.82) is 0 Å². The SMILES string of the molecule is CC(C)CN(CC(C)C)CC1C(O)CCC2C(=O)C(c3ccccc3)=COC21. The maximum atomic E-state index is 13.2. The molecular weight excluding hydrogens is 350 g/mol. The molecule has 1 aliphatic carbocycles. The van der Waals surface area contributed by atoms with Crippen molar-refractivity contribution in [3.8, 4) is 0 Å². The highest BCUT2D eigenvalue weighted by molar-refractivity contribution is 6.22. The van der Waals surface area contributed by atoms with Crippen LogP contribution in [-0.2, 0) is 9.53 Å². The van der Waals surface area contributed by atoms with E-state index in [2.05, 4.69) is 32.6 Å². The molecule has 0 spiro atoms. The average Bonchev–Trinajstić information content (AvgIpc) is 2.64. The lowest BCUT2D eigenvalue weighted by Gasteiger charge is -2.44. The van der Waals surface area contributed by atoms with E-state index in [1.807, 2.05) is 30.3 Å². The van der Waals surface area contributed by atoms with Gasteiger partial charge >= 0.3 is 0 Å². The zero-order valence-electron chi connectivity index (χ0n) is 17.7. The fourth-order valence-corrected chi connectivity index (χ4v) is 4.73. The molecule has 4 unspecified atom stereocenters. The topological polar surface area (TPSA) is 49.8 Å². The number of ketones is 1. The van der Waals surface area contributed by atoms with E-state index in [0.717, 1.165) is 25.2 Å². The van der Waals surface area contributed by atoms with Crippen molar-refractivity contribution < 1.29 is 14.6 Å². The fraction of sp³-hybridized carbons (Fsp3) is 0.625. The van der Waals surface area contributed by atoms with Crippen molar-refractivity contribution in [3.63, 3.8) is 0 Å². The van der Waals surface area contributed by atoms with E-state index >= 15 is 0 Å². The molecule has 0 bridgehead atoms. The Morgan fingerprint density at radius 2 is 1.71 bits per heavy atom. The van der Waals surface area contributed by atoms with Crippen molar-refractivity contribution >= 4 is 11.4 Å². The second-order valence-corrected chi connectivity index (χ2v) is 9.28. The van der Waals surface area contributed by atoms with Crippen LogP contribution in [0.15, 0.2) is 36.6 Å². The molecule has 2 aliphatic rings. The molecule has 4 nitrogen and oxygen atoms in total. The summed E-state index contributed by atoms with van der Waals surface area (Å²) in [6.07, 6.45) is 2.35. The van der Waals surface area contributed by atoms with Crippen LogP contribution in [0.5, 0.6) is 0 Å². The summed E-state index contributed by atoms with van der Waals surface area (Å²) in [5, 5.41) is 10.8. The Labute approximate surface area is 169 Å². The summed E-state index contributed by atoms with van der Waals surface area (Å²) in [6, 6.07) is 9.74. The predicted molar refractivity (Wildman–Crippen MR) is 113 cm³/mol. The van der Waals surface area contributed by atoms with Gasteiger partial charge in [0.1, 0.15) is 6.10 Å². The quantitative estimate of drug-likeness (QED) is 0.771. The van der Waals surface area contributed by atoms with Crippen LogP contribution in [0.2, 0.25) is 0 Å². The standard InChI is InChI=1S/C24H35NO3/c1-16(2)12-25(13-17(3)4)14-20-22(26)11-10-19-23(27)21(15-28-24(19)20)18-8-6-5-7-9-18/h5-9,15-17,19-20,22,24,26H,10-14H2,1-4H3. The maximum absolute atomic E-state index is 13.2. The van der Waals surface area contributed by atoms with Gasteiger partial charge < -0.3 is 14.7 Å². The number of Topliss-reactive ketones (excluding diaryl/α,β-unsaturated/α-hetero) is 1. The second kappa shape index (κ2) is 9.23. The molecule has 1 N–H and O–H groups in total. The Bertz CT molecular complexity index is 672. The van der Waals surface area contributed by atoms with Crippen LogP contribution in [0, 0.1) is 23.7 Å². The second-order valence-electron chi connectivity index (χ2n) is 9.28. The molecule has 4 atom stereocenters. The van der Waals surface area contributed by atoms with Gasteiger partial charge in [0.25, 0.3) is 0 Å². The largest absolute Gasteiger partial charge is 0.496 e. The molecule has 0 saturated heterocycles. The van der Waals surface area contributed by atoms with Crippen LogP contribution < -0.4 is 0 Å². The first-order valence-corrected chi connectivity index (χ1v) is 10.7. The number of carbonyl (C=O) groups excluding carboxylic acids is 1. The summed E-state index contributed by atoms with van der Waals surface area (Å²) in [5.41, 5.74) is 1.58. The molecular formula is C24H35NO3. The highest BCUT2D eigenvalue weighted by Crippen LogP contribution is 2.39. The van der Waals surface area contributed by atoms with Crippen LogP contribution in [0.1, 0.15) is 46.1 Å².